The Kier molecular flexibility index (Phi) is 5.99. The largest absolute Gasteiger partial charge is 0.497 e. The molecular formula is C28H27N3O4. The fourth-order valence-corrected chi connectivity index (χ4v) is 5.11. The number of amides is 4. The molecule has 0 bridgehead atoms. The molecule has 4 amide bonds. The first-order valence-electron chi connectivity index (χ1n) is 11.7. The molecule has 5 rings (SSSR count). The second-order valence-corrected chi connectivity index (χ2v) is 8.92. The number of rotatable bonds is 6. The second kappa shape index (κ2) is 9.25. The van der Waals surface area contributed by atoms with E-state index in [9.17, 15) is 14.4 Å². The number of imide groups is 1. The summed E-state index contributed by atoms with van der Waals surface area (Å²) < 4.78 is 5.25. The Morgan fingerprint density at radius 3 is 2.43 bits per heavy atom. The third-order valence-corrected chi connectivity index (χ3v) is 6.84. The number of ether oxygens (including phenoxy) is 1. The first kappa shape index (κ1) is 22.7. The third kappa shape index (κ3) is 4.14. The van der Waals surface area contributed by atoms with Crippen LogP contribution in [0.5, 0.6) is 5.75 Å². The molecule has 2 atom stereocenters. The zero-order chi connectivity index (χ0) is 24.4. The Morgan fingerprint density at radius 1 is 1.00 bits per heavy atom. The highest BCUT2D eigenvalue weighted by atomic mass is 16.5. The summed E-state index contributed by atoms with van der Waals surface area (Å²) >= 11 is 0. The molecule has 0 aromatic heterocycles. The van der Waals surface area contributed by atoms with E-state index in [1.54, 1.807) is 7.11 Å². The Bertz CT molecular complexity index is 1260. The highest BCUT2D eigenvalue weighted by Crippen LogP contribution is 2.39. The predicted molar refractivity (Wildman–Crippen MR) is 131 cm³/mol. The fraction of sp³-hybridized carbons (Fsp3) is 0.250. The third-order valence-electron chi connectivity index (χ3n) is 6.84. The molecule has 1 spiro atoms. The van der Waals surface area contributed by atoms with Crippen LogP contribution in [0.2, 0.25) is 0 Å². The van der Waals surface area contributed by atoms with E-state index in [-0.39, 0.29) is 12.5 Å². The molecule has 3 aromatic rings. The molecule has 1 aliphatic carbocycles. The number of methoxy groups -OCH3 is 1. The number of benzene rings is 3. The summed E-state index contributed by atoms with van der Waals surface area (Å²) in [6, 6.07) is 23.7. The maximum atomic E-state index is 13.5. The van der Waals surface area contributed by atoms with Gasteiger partial charge in [0.2, 0.25) is 5.91 Å². The van der Waals surface area contributed by atoms with Crippen LogP contribution in [0.4, 0.5) is 4.79 Å². The van der Waals surface area contributed by atoms with Crippen molar-refractivity contribution in [1.82, 2.24) is 15.5 Å². The molecule has 1 aliphatic heterocycles. The Hall–Kier alpha value is -4.13. The van der Waals surface area contributed by atoms with Crippen LogP contribution in [-0.2, 0) is 21.5 Å². The van der Waals surface area contributed by atoms with Crippen LogP contribution in [-0.4, -0.2) is 36.4 Å². The Labute approximate surface area is 204 Å². The van der Waals surface area contributed by atoms with E-state index in [2.05, 4.69) is 10.6 Å². The number of nitrogens with one attached hydrogen (secondary N) is 2. The highest BCUT2D eigenvalue weighted by Gasteiger charge is 2.54. The van der Waals surface area contributed by atoms with Gasteiger partial charge in [0.15, 0.2) is 0 Å². The molecule has 2 N–H and O–H groups in total. The minimum absolute atomic E-state index is 0.353. The van der Waals surface area contributed by atoms with Gasteiger partial charge in [-0.25, -0.2) is 4.79 Å². The lowest BCUT2D eigenvalue weighted by molar-refractivity contribution is -0.135. The van der Waals surface area contributed by atoms with Gasteiger partial charge in [-0.1, -0.05) is 66.7 Å². The van der Waals surface area contributed by atoms with Crippen molar-refractivity contribution in [1.29, 1.82) is 0 Å². The van der Waals surface area contributed by atoms with Crippen LogP contribution >= 0.6 is 0 Å². The van der Waals surface area contributed by atoms with Gasteiger partial charge in [0.25, 0.3) is 5.91 Å². The molecule has 1 saturated heterocycles. The Balaban J connectivity index is 1.37. The minimum Gasteiger partial charge on any atom is -0.497 e. The average Bonchev–Trinajstić information content (AvgIpc) is 3.12. The first-order valence-corrected chi connectivity index (χ1v) is 11.7. The van der Waals surface area contributed by atoms with Gasteiger partial charge in [-0.3, -0.25) is 14.5 Å². The summed E-state index contributed by atoms with van der Waals surface area (Å²) in [7, 11) is 1.60. The van der Waals surface area contributed by atoms with Gasteiger partial charge >= 0.3 is 6.03 Å². The molecule has 2 aliphatic rings. The van der Waals surface area contributed by atoms with E-state index >= 15 is 0 Å². The number of hydrogen-bond acceptors (Lipinski definition) is 4. The van der Waals surface area contributed by atoms with Crippen LogP contribution in [0.1, 0.15) is 41.1 Å². The summed E-state index contributed by atoms with van der Waals surface area (Å²) in [5.74, 6) is -0.0749. The number of hydrogen-bond donors (Lipinski definition) is 2. The molecule has 178 valence electrons. The average molecular weight is 470 g/mol. The van der Waals surface area contributed by atoms with E-state index in [1.165, 1.54) is 0 Å². The van der Waals surface area contributed by atoms with Crippen molar-refractivity contribution >= 4 is 17.8 Å². The fourth-order valence-electron chi connectivity index (χ4n) is 5.11. The number of nitrogens with zero attached hydrogens (tertiary/aromatic N) is 1. The predicted octanol–water partition coefficient (Wildman–Crippen LogP) is 3.68. The number of carbonyl (C=O) groups excluding carboxylic acids is 3. The second-order valence-electron chi connectivity index (χ2n) is 8.92. The molecular weight excluding hydrogens is 442 g/mol. The first-order chi connectivity index (χ1) is 17.0. The lowest BCUT2D eigenvalue weighted by Crippen LogP contribution is -2.47. The van der Waals surface area contributed by atoms with E-state index < -0.39 is 23.5 Å². The number of fused-ring (bicyclic) bond motifs is 2. The van der Waals surface area contributed by atoms with Crippen molar-refractivity contribution in [3.63, 3.8) is 0 Å². The molecule has 0 saturated carbocycles. The molecule has 3 aromatic carbocycles. The van der Waals surface area contributed by atoms with E-state index in [0.29, 0.717) is 12.2 Å². The molecule has 7 heteroatoms. The zero-order valence-corrected chi connectivity index (χ0v) is 19.5. The quantitative estimate of drug-likeness (QED) is 0.539. The summed E-state index contributed by atoms with van der Waals surface area (Å²) in [5.41, 5.74) is 2.54. The van der Waals surface area contributed by atoms with Crippen molar-refractivity contribution in [3.05, 3.63) is 101 Å². The monoisotopic (exact) mass is 469 g/mol. The Morgan fingerprint density at radius 2 is 1.69 bits per heavy atom. The van der Waals surface area contributed by atoms with Gasteiger partial charge in [0.05, 0.1) is 13.2 Å². The van der Waals surface area contributed by atoms with Gasteiger partial charge < -0.3 is 15.4 Å². The van der Waals surface area contributed by atoms with E-state index in [4.69, 9.17) is 4.74 Å². The van der Waals surface area contributed by atoms with Crippen molar-refractivity contribution in [2.75, 3.05) is 13.7 Å². The summed E-state index contributed by atoms with van der Waals surface area (Å²) in [6.07, 6.45) is 2.17. The molecule has 1 fully saturated rings. The topological polar surface area (TPSA) is 87.7 Å². The van der Waals surface area contributed by atoms with Crippen LogP contribution in [0.15, 0.2) is 78.9 Å². The maximum absolute atomic E-state index is 13.5. The van der Waals surface area contributed by atoms with Gasteiger partial charge in [0.1, 0.15) is 17.8 Å². The zero-order valence-electron chi connectivity index (χ0n) is 19.5. The van der Waals surface area contributed by atoms with Gasteiger partial charge in [0, 0.05) is 0 Å². The number of aryl methyl sites for hydroxylation is 1. The van der Waals surface area contributed by atoms with E-state index in [0.717, 1.165) is 40.0 Å². The smallest absolute Gasteiger partial charge is 0.325 e. The highest BCUT2D eigenvalue weighted by molar-refractivity contribution is 6.09. The molecule has 35 heavy (non-hydrogen) atoms. The summed E-state index contributed by atoms with van der Waals surface area (Å²) in [5, 5.41) is 5.92. The maximum Gasteiger partial charge on any atom is 0.325 e. The molecule has 1 heterocycles. The van der Waals surface area contributed by atoms with Crippen molar-refractivity contribution in [2.45, 2.75) is 30.8 Å². The van der Waals surface area contributed by atoms with Gasteiger partial charge in [-0.15, -0.1) is 0 Å². The standard InChI is InChI=1S/C28H27N3O4/c1-35-22-15-13-21(14-16-22)25(20-9-3-2-4-10-20)29-24(32)18-31-26(33)28(30-27(31)34)17-7-11-19-8-5-6-12-23(19)28/h2-6,8-10,12-16,25H,7,11,17-18H2,1H3,(H,29,32)(H,30,34)/t25-,28-/m1/s1. The van der Waals surface area contributed by atoms with Crippen LogP contribution in [0, 0.1) is 0 Å². The lowest BCUT2D eigenvalue weighted by atomic mass is 9.76. The molecule has 0 unspecified atom stereocenters. The summed E-state index contributed by atoms with van der Waals surface area (Å²) in [4.78, 5) is 40.6. The van der Waals surface area contributed by atoms with Crippen LogP contribution < -0.4 is 15.4 Å². The van der Waals surface area contributed by atoms with E-state index in [1.807, 2.05) is 78.9 Å². The SMILES string of the molecule is COc1ccc([C@H](NC(=O)CN2C(=O)N[C@@]3(CCCc4ccccc43)C2=O)c2ccccc2)cc1. The van der Waals surface area contributed by atoms with Gasteiger partial charge in [-0.2, -0.15) is 0 Å². The summed E-state index contributed by atoms with van der Waals surface area (Å²) in [6.45, 7) is -0.353. The number of carbonyl (C=O) groups is 3. The van der Waals surface area contributed by atoms with Crippen molar-refractivity contribution in [3.8, 4) is 5.75 Å². The van der Waals surface area contributed by atoms with Crippen LogP contribution in [0.3, 0.4) is 0 Å². The number of urea groups is 1. The van der Waals surface area contributed by atoms with Crippen LogP contribution in [0.25, 0.3) is 0 Å². The van der Waals surface area contributed by atoms with Crippen molar-refractivity contribution < 1.29 is 19.1 Å². The van der Waals surface area contributed by atoms with Crippen molar-refractivity contribution in [2.24, 2.45) is 0 Å². The van der Waals surface area contributed by atoms with Gasteiger partial charge in [-0.05, 0) is 53.6 Å². The molecule has 7 nitrogen and oxygen atoms in total. The normalized spacial score (nSPS) is 19.7. The lowest BCUT2D eigenvalue weighted by Gasteiger charge is -2.33. The minimum atomic E-state index is -1.10. The molecule has 0 radical (unpaired) electrons.